The van der Waals surface area contributed by atoms with Gasteiger partial charge in [-0.05, 0) is 38.0 Å². The summed E-state index contributed by atoms with van der Waals surface area (Å²) in [6.45, 7) is 1.66. The number of carbonyl (C=O) groups is 1. The fourth-order valence-electron chi connectivity index (χ4n) is 2.82. The number of anilines is 2. The van der Waals surface area contributed by atoms with E-state index in [0.717, 1.165) is 36.6 Å². The average Bonchev–Trinajstić information content (AvgIpc) is 3.29. The minimum Gasteiger partial charge on any atom is -0.397 e. The maximum Gasteiger partial charge on any atom is 0.263 e. The van der Waals surface area contributed by atoms with Gasteiger partial charge in [0.05, 0.1) is 16.8 Å². The summed E-state index contributed by atoms with van der Waals surface area (Å²) >= 11 is 1.47. The van der Waals surface area contributed by atoms with Crippen molar-refractivity contribution in [3.05, 3.63) is 10.4 Å². The minimum absolute atomic E-state index is 0.0960. The molecule has 0 aromatic carbocycles. The number of nitrogens with two attached hydrogens (primary N) is 1. The molecule has 2 heterocycles. The van der Waals surface area contributed by atoms with Crippen molar-refractivity contribution >= 4 is 27.9 Å². The highest BCUT2D eigenvalue weighted by Crippen LogP contribution is 2.50. The first-order chi connectivity index (χ1) is 10.2. The first kappa shape index (κ1) is 14.7. The van der Waals surface area contributed by atoms with Gasteiger partial charge in [-0.15, -0.1) is 11.3 Å². The highest BCUT2D eigenvalue weighted by atomic mass is 32.1. The summed E-state index contributed by atoms with van der Waals surface area (Å²) in [5, 5.41) is 7.20. The van der Waals surface area contributed by atoms with Gasteiger partial charge in [0, 0.05) is 25.8 Å². The molecule has 1 unspecified atom stereocenters. The predicted octanol–water partition coefficient (Wildman–Crippen LogP) is 2.55. The van der Waals surface area contributed by atoms with Crippen molar-refractivity contribution in [2.75, 3.05) is 31.2 Å². The van der Waals surface area contributed by atoms with Crippen molar-refractivity contribution < 1.29 is 9.53 Å². The summed E-state index contributed by atoms with van der Waals surface area (Å²) in [5.74, 6) is 0.427. The lowest BCUT2D eigenvalue weighted by molar-refractivity contribution is 0.0248. The third kappa shape index (κ3) is 3.16. The first-order valence-electron chi connectivity index (χ1n) is 7.70. The van der Waals surface area contributed by atoms with Crippen LogP contribution >= 0.6 is 11.3 Å². The SMILES string of the molecule is CNC(=O)c1sc(NCC2CCCCO2)c(C2CC2)c1N. The Morgan fingerprint density at radius 3 is 2.81 bits per heavy atom. The van der Waals surface area contributed by atoms with Gasteiger partial charge in [0.1, 0.15) is 4.88 Å². The van der Waals surface area contributed by atoms with E-state index in [4.69, 9.17) is 10.5 Å². The van der Waals surface area contributed by atoms with Gasteiger partial charge in [-0.1, -0.05) is 0 Å². The van der Waals surface area contributed by atoms with Gasteiger partial charge in [-0.3, -0.25) is 4.79 Å². The molecule has 116 valence electrons. The van der Waals surface area contributed by atoms with Crippen molar-refractivity contribution in [2.24, 2.45) is 0 Å². The maximum absolute atomic E-state index is 11.9. The van der Waals surface area contributed by atoms with E-state index in [-0.39, 0.29) is 12.0 Å². The largest absolute Gasteiger partial charge is 0.397 e. The molecule has 1 aromatic heterocycles. The Morgan fingerprint density at radius 1 is 1.38 bits per heavy atom. The van der Waals surface area contributed by atoms with E-state index in [1.807, 2.05) is 0 Å². The number of rotatable bonds is 5. The average molecular weight is 309 g/mol. The third-order valence-corrected chi connectivity index (χ3v) is 5.34. The molecule has 1 aromatic rings. The third-order valence-electron chi connectivity index (χ3n) is 4.17. The van der Waals surface area contributed by atoms with E-state index >= 15 is 0 Å². The fourth-order valence-corrected chi connectivity index (χ4v) is 3.98. The highest BCUT2D eigenvalue weighted by molar-refractivity contribution is 7.18. The highest BCUT2D eigenvalue weighted by Gasteiger charge is 2.33. The van der Waals surface area contributed by atoms with E-state index in [1.54, 1.807) is 7.05 Å². The number of nitrogen functional groups attached to an aromatic ring is 1. The zero-order chi connectivity index (χ0) is 14.8. The van der Waals surface area contributed by atoms with Gasteiger partial charge in [-0.2, -0.15) is 0 Å². The summed E-state index contributed by atoms with van der Waals surface area (Å²) in [4.78, 5) is 12.5. The standard InChI is InChI=1S/C15H23N3O2S/c1-17-14(19)13-12(16)11(9-5-6-9)15(21-13)18-8-10-4-2-3-7-20-10/h9-10,18H,2-8,16H2,1H3,(H,17,19). The zero-order valence-electron chi connectivity index (χ0n) is 12.4. The number of hydrogen-bond donors (Lipinski definition) is 3. The van der Waals surface area contributed by atoms with Crippen molar-refractivity contribution in [3.8, 4) is 0 Å². The van der Waals surface area contributed by atoms with Gasteiger partial charge in [0.15, 0.2) is 0 Å². The summed E-state index contributed by atoms with van der Waals surface area (Å²) in [6, 6.07) is 0. The lowest BCUT2D eigenvalue weighted by atomic mass is 10.1. The van der Waals surface area contributed by atoms with E-state index < -0.39 is 0 Å². The van der Waals surface area contributed by atoms with Crippen LogP contribution in [0.15, 0.2) is 0 Å². The van der Waals surface area contributed by atoms with Crippen LogP contribution in [0, 0.1) is 0 Å². The molecular formula is C15H23N3O2S. The molecule has 3 rings (SSSR count). The Bertz CT molecular complexity index is 519. The van der Waals surface area contributed by atoms with Crippen LogP contribution in [0.25, 0.3) is 0 Å². The number of hydrogen-bond acceptors (Lipinski definition) is 5. The van der Waals surface area contributed by atoms with E-state index in [1.165, 1.54) is 30.6 Å². The quantitative estimate of drug-likeness (QED) is 0.781. The molecule has 0 spiro atoms. The Kier molecular flexibility index (Phi) is 4.35. The Hall–Kier alpha value is -1.27. The molecular weight excluding hydrogens is 286 g/mol. The number of ether oxygens (including phenoxy) is 1. The van der Waals surface area contributed by atoms with Crippen molar-refractivity contribution in [3.63, 3.8) is 0 Å². The Balaban J connectivity index is 1.75. The first-order valence-corrected chi connectivity index (χ1v) is 8.52. The fraction of sp³-hybridized carbons (Fsp3) is 0.667. The van der Waals surface area contributed by atoms with Crippen LogP contribution in [0.5, 0.6) is 0 Å². The molecule has 1 atom stereocenters. The Labute approximate surface area is 129 Å². The number of amides is 1. The summed E-state index contributed by atoms with van der Waals surface area (Å²) in [6.07, 6.45) is 6.12. The zero-order valence-corrected chi connectivity index (χ0v) is 13.2. The van der Waals surface area contributed by atoms with Crippen LogP contribution in [0.4, 0.5) is 10.7 Å². The summed E-state index contributed by atoms with van der Waals surface area (Å²) in [5.41, 5.74) is 8.02. The molecule has 0 bridgehead atoms. The number of nitrogens with one attached hydrogen (secondary N) is 2. The van der Waals surface area contributed by atoms with Crippen molar-refractivity contribution in [1.82, 2.24) is 5.32 Å². The second-order valence-electron chi connectivity index (χ2n) is 5.81. The van der Waals surface area contributed by atoms with E-state index in [0.29, 0.717) is 16.5 Å². The predicted molar refractivity (Wildman–Crippen MR) is 86.2 cm³/mol. The Morgan fingerprint density at radius 2 is 2.19 bits per heavy atom. The monoisotopic (exact) mass is 309 g/mol. The van der Waals surface area contributed by atoms with Crippen LogP contribution in [0.3, 0.4) is 0 Å². The molecule has 2 aliphatic rings. The van der Waals surface area contributed by atoms with Crippen LogP contribution in [0.2, 0.25) is 0 Å². The molecule has 4 N–H and O–H groups in total. The second kappa shape index (κ2) is 6.23. The topological polar surface area (TPSA) is 76.4 Å². The normalized spacial score (nSPS) is 22.0. The van der Waals surface area contributed by atoms with Gasteiger partial charge in [0.2, 0.25) is 0 Å². The smallest absolute Gasteiger partial charge is 0.263 e. The summed E-state index contributed by atoms with van der Waals surface area (Å²) < 4.78 is 5.75. The number of thiophene rings is 1. The second-order valence-corrected chi connectivity index (χ2v) is 6.83. The van der Waals surface area contributed by atoms with Crippen LogP contribution in [0.1, 0.15) is 53.3 Å². The van der Waals surface area contributed by atoms with Crippen LogP contribution < -0.4 is 16.4 Å². The van der Waals surface area contributed by atoms with Gasteiger partial charge in [0.25, 0.3) is 5.91 Å². The lowest BCUT2D eigenvalue weighted by Crippen LogP contribution is -2.26. The van der Waals surface area contributed by atoms with Gasteiger partial charge >= 0.3 is 0 Å². The molecule has 1 aliphatic carbocycles. The molecule has 1 saturated carbocycles. The molecule has 0 radical (unpaired) electrons. The van der Waals surface area contributed by atoms with Gasteiger partial charge in [-0.25, -0.2) is 0 Å². The molecule has 6 heteroatoms. The molecule has 1 amide bonds. The molecule has 1 aliphatic heterocycles. The minimum atomic E-state index is -0.0960. The summed E-state index contributed by atoms with van der Waals surface area (Å²) in [7, 11) is 1.64. The molecule has 1 saturated heterocycles. The van der Waals surface area contributed by atoms with E-state index in [9.17, 15) is 4.79 Å². The maximum atomic E-state index is 11.9. The van der Waals surface area contributed by atoms with Crippen LogP contribution in [-0.4, -0.2) is 32.2 Å². The van der Waals surface area contributed by atoms with Gasteiger partial charge < -0.3 is 21.1 Å². The lowest BCUT2D eigenvalue weighted by Gasteiger charge is -2.23. The molecule has 21 heavy (non-hydrogen) atoms. The van der Waals surface area contributed by atoms with E-state index in [2.05, 4.69) is 10.6 Å². The molecule has 2 fully saturated rings. The van der Waals surface area contributed by atoms with Crippen LogP contribution in [-0.2, 0) is 4.74 Å². The number of carbonyl (C=O) groups excluding carboxylic acids is 1. The molecule has 5 nitrogen and oxygen atoms in total. The van der Waals surface area contributed by atoms with Crippen molar-refractivity contribution in [1.29, 1.82) is 0 Å². The van der Waals surface area contributed by atoms with Crippen molar-refractivity contribution in [2.45, 2.75) is 44.1 Å².